The number of nitrogens with one attached hydrogen (secondary N) is 1. The molecule has 1 heterocycles. The fourth-order valence-electron chi connectivity index (χ4n) is 2.32. The number of hydrogen-bond donors (Lipinski definition) is 1. The summed E-state index contributed by atoms with van der Waals surface area (Å²) in [4.78, 5) is 4.14. The third-order valence-electron chi connectivity index (χ3n) is 3.51. The molecule has 21 heavy (non-hydrogen) atoms. The van der Waals surface area contributed by atoms with Crippen molar-refractivity contribution in [2.24, 2.45) is 0 Å². The molecule has 0 saturated carbocycles. The van der Waals surface area contributed by atoms with Gasteiger partial charge in [-0.2, -0.15) is 0 Å². The van der Waals surface area contributed by atoms with Gasteiger partial charge in [0, 0.05) is 30.4 Å². The van der Waals surface area contributed by atoms with Crippen molar-refractivity contribution in [3.05, 3.63) is 53.6 Å². The lowest BCUT2D eigenvalue weighted by Gasteiger charge is -2.17. The summed E-state index contributed by atoms with van der Waals surface area (Å²) in [5.74, 6) is -0.980. The Morgan fingerprint density at radius 2 is 1.86 bits per heavy atom. The molecule has 0 aliphatic rings. The van der Waals surface area contributed by atoms with E-state index in [2.05, 4.69) is 28.7 Å². The molecule has 0 aliphatic carbocycles. The van der Waals surface area contributed by atoms with E-state index in [0.717, 1.165) is 5.69 Å². The summed E-state index contributed by atoms with van der Waals surface area (Å²) in [6.07, 6.45) is 3.92. The van der Waals surface area contributed by atoms with Crippen LogP contribution in [0, 0.1) is 11.6 Å². The number of benzene rings is 1. The van der Waals surface area contributed by atoms with Crippen molar-refractivity contribution in [1.82, 2.24) is 14.9 Å². The Hall–Kier alpha value is -1.75. The maximum Gasteiger partial charge on any atom is 0.129 e. The minimum Gasteiger partial charge on any atom is -0.331 e. The lowest BCUT2D eigenvalue weighted by atomic mass is 10.1. The number of aromatic nitrogens is 2. The van der Waals surface area contributed by atoms with Gasteiger partial charge in [0.2, 0.25) is 0 Å². The zero-order valence-corrected chi connectivity index (χ0v) is 12.6. The van der Waals surface area contributed by atoms with Crippen molar-refractivity contribution >= 4 is 0 Å². The summed E-state index contributed by atoms with van der Waals surface area (Å²) in [6.45, 7) is 6.71. The molecule has 1 aromatic carbocycles. The van der Waals surface area contributed by atoms with Gasteiger partial charge in [0.15, 0.2) is 0 Å². The zero-order valence-electron chi connectivity index (χ0n) is 12.6. The molecule has 2 rings (SSSR count). The number of rotatable bonds is 6. The van der Waals surface area contributed by atoms with Crippen molar-refractivity contribution in [2.75, 3.05) is 0 Å². The van der Waals surface area contributed by atoms with Crippen molar-refractivity contribution in [3.8, 4) is 0 Å². The first kappa shape index (κ1) is 15.6. The smallest absolute Gasteiger partial charge is 0.129 e. The molecule has 114 valence electrons. The quantitative estimate of drug-likeness (QED) is 0.884. The number of halogens is 2. The van der Waals surface area contributed by atoms with Gasteiger partial charge < -0.3 is 9.88 Å². The normalized spacial score (nSPS) is 12.9. The van der Waals surface area contributed by atoms with Gasteiger partial charge in [-0.1, -0.05) is 6.07 Å². The zero-order chi connectivity index (χ0) is 15.4. The van der Waals surface area contributed by atoms with Crippen LogP contribution in [0.25, 0.3) is 0 Å². The first-order chi connectivity index (χ1) is 9.99. The summed E-state index contributed by atoms with van der Waals surface area (Å²) in [7, 11) is 0. The first-order valence-electron chi connectivity index (χ1n) is 7.16. The molecule has 5 heteroatoms. The Morgan fingerprint density at radius 1 is 1.19 bits per heavy atom. The van der Waals surface area contributed by atoms with Crippen LogP contribution in [-0.2, 0) is 13.0 Å². The Morgan fingerprint density at radius 3 is 2.48 bits per heavy atom. The minimum absolute atomic E-state index is 0.0353. The van der Waals surface area contributed by atoms with Gasteiger partial charge in [-0.05, 0) is 39.3 Å². The average Bonchev–Trinajstić information content (AvgIpc) is 2.89. The third-order valence-corrected chi connectivity index (χ3v) is 3.51. The van der Waals surface area contributed by atoms with Gasteiger partial charge in [-0.15, -0.1) is 0 Å². The van der Waals surface area contributed by atoms with Crippen LogP contribution >= 0.6 is 0 Å². The predicted molar refractivity (Wildman–Crippen MR) is 79.0 cm³/mol. The monoisotopic (exact) mass is 293 g/mol. The molecule has 1 atom stereocenters. The number of nitrogens with zero attached hydrogens (tertiary/aromatic N) is 2. The standard InChI is InChI=1S/C16H21F2N3/c1-11(2)21-10-19-8-13(21)9-20-12(3)7-14-15(17)5-4-6-16(14)18/h4-6,8,10-12,20H,7,9H2,1-3H3. The van der Waals surface area contributed by atoms with Gasteiger partial charge in [0.05, 0.1) is 12.0 Å². The fourth-order valence-corrected chi connectivity index (χ4v) is 2.32. The Kier molecular flexibility index (Phi) is 5.07. The van der Waals surface area contributed by atoms with Crippen molar-refractivity contribution in [2.45, 2.75) is 45.8 Å². The van der Waals surface area contributed by atoms with E-state index in [1.807, 2.05) is 13.1 Å². The predicted octanol–water partition coefficient (Wildman–Crippen LogP) is 3.46. The molecule has 1 unspecified atom stereocenters. The highest BCUT2D eigenvalue weighted by Gasteiger charge is 2.13. The van der Waals surface area contributed by atoms with Crippen LogP contribution in [0.5, 0.6) is 0 Å². The molecule has 2 aromatic rings. The van der Waals surface area contributed by atoms with Crippen LogP contribution < -0.4 is 5.32 Å². The Bertz CT molecular complexity index is 573. The van der Waals surface area contributed by atoms with Gasteiger partial charge in [-0.25, -0.2) is 13.8 Å². The number of hydrogen-bond acceptors (Lipinski definition) is 2. The maximum atomic E-state index is 13.6. The second-order valence-corrected chi connectivity index (χ2v) is 5.57. The molecule has 0 saturated heterocycles. The highest BCUT2D eigenvalue weighted by Crippen LogP contribution is 2.15. The first-order valence-corrected chi connectivity index (χ1v) is 7.16. The van der Waals surface area contributed by atoms with E-state index in [1.54, 1.807) is 6.33 Å². The van der Waals surface area contributed by atoms with Gasteiger partial charge >= 0.3 is 0 Å². The van der Waals surface area contributed by atoms with E-state index in [9.17, 15) is 8.78 Å². The molecule has 0 bridgehead atoms. The topological polar surface area (TPSA) is 29.9 Å². The molecule has 3 nitrogen and oxygen atoms in total. The molecule has 1 aromatic heterocycles. The SMILES string of the molecule is CC(Cc1c(F)cccc1F)NCc1cncn1C(C)C. The van der Waals surface area contributed by atoms with Crippen molar-refractivity contribution < 1.29 is 8.78 Å². The van der Waals surface area contributed by atoms with Crippen LogP contribution in [0.2, 0.25) is 0 Å². The lowest BCUT2D eigenvalue weighted by Crippen LogP contribution is -2.29. The molecule has 1 N–H and O–H groups in total. The van der Waals surface area contributed by atoms with Gasteiger partial charge in [0.1, 0.15) is 11.6 Å². The largest absolute Gasteiger partial charge is 0.331 e. The van der Waals surface area contributed by atoms with E-state index < -0.39 is 11.6 Å². The Labute approximate surface area is 124 Å². The van der Waals surface area contributed by atoms with Crippen LogP contribution in [0.3, 0.4) is 0 Å². The van der Waals surface area contributed by atoms with Crippen LogP contribution in [0.15, 0.2) is 30.7 Å². The second kappa shape index (κ2) is 6.80. The van der Waals surface area contributed by atoms with E-state index in [-0.39, 0.29) is 11.6 Å². The van der Waals surface area contributed by atoms with Gasteiger partial charge in [-0.3, -0.25) is 0 Å². The van der Waals surface area contributed by atoms with Gasteiger partial charge in [0.25, 0.3) is 0 Å². The summed E-state index contributed by atoms with van der Waals surface area (Å²) < 4.78 is 29.3. The van der Waals surface area contributed by atoms with E-state index in [4.69, 9.17) is 0 Å². The Balaban J connectivity index is 1.96. The maximum absolute atomic E-state index is 13.6. The molecular formula is C16H21F2N3. The van der Waals surface area contributed by atoms with E-state index >= 15 is 0 Å². The minimum atomic E-state index is -0.490. The number of imidazole rings is 1. The average molecular weight is 293 g/mol. The molecule has 0 radical (unpaired) electrons. The fraction of sp³-hybridized carbons (Fsp3) is 0.438. The van der Waals surface area contributed by atoms with Crippen LogP contribution in [0.1, 0.15) is 38.1 Å². The lowest BCUT2D eigenvalue weighted by molar-refractivity contribution is 0.482. The van der Waals surface area contributed by atoms with Crippen LogP contribution in [0.4, 0.5) is 8.78 Å². The van der Waals surface area contributed by atoms with Crippen molar-refractivity contribution in [3.63, 3.8) is 0 Å². The van der Waals surface area contributed by atoms with Crippen LogP contribution in [-0.4, -0.2) is 15.6 Å². The van der Waals surface area contributed by atoms with Crippen molar-refractivity contribution in [1.29, 1.82) is 0 Å². The summed E-state index contributed by atoms with van der Waals surface area (Å²) in [6, 6.07) is 4.27. The summed E-state index contributed by atoms with van der Waals surface area (Å²) in [5, 5.41) is 3.29. The second-order valence-electron chi connectivity index (χ2n) is 5.57. The molecule has 0 spiro atoms. The molecule has 0 fully saturated rings. The molecular weight excluding hydrogens is 272 g/mol. The highest BCUT2D eigenvalue weighted by atomic mass is 19.1. The van der Waals surface area contributed by atoms with E-state index in [1.165, 1.54) is 18.2 Å². The molecule has 0 amide bonds. The summed E-state index contributed by atoms with van der Waals surface area (Å²) in [5.41, 5.74) is 1.20. The summed E-state index contributed by atoms with van der Waals surface area (Å²) >= 11 is 0. The highest BCUT2D eigenvalue weighted by molar-refractivity contribution is 5.20. The molecule has 0 aliphatic heterocycles. The van der Waals surface area contributed by atoms with E-state index in [0.29, 0.717) is 19.0 Å². The third kappa shape index (κ3) is 3.88.